The molecule has 0 spiro atoms. The first-order valence-electron chi connectivity index (χ1n) is 6.74. The van der Waals surface area contributed by atoms with Crippen molar-refractivity contribution in [3.63, 3.8) is 0 Å². The maximum Gasteiger partial charge on any atom is 0.171 e. The first kappa shape index (κ1) is 13.9. The third-order valence-electron chi connectivity index (χ3n) is 2.96. The van der Waals surface area contributed by atoms with Crippen LogP contribution in [0.4, 0.5) is 0 Å². The Morgan fingerprint density at radius 3 is 2.90 bits per heavy atom. The Labute approximate surface area is 126 Å². The average Bonchev–Trinajstić information content (AvgIpc) is 2.90. The highest BCUT2D eigenvalue weighted by atomic mass is 32.2. The standard InChI is InChI=1S/C15H16N4OS/c1-2-20-11-4-6-13-14(7-11)19-15(18-13)21-12-5-3-10(8-16)17-9-12/h3-7,9H,2,8,16H2,1H3,(H,18,19). The van der Waals surface area contributed by atoms with Gasteiger partial charge < -0.3 is 15.5 Å². The van der Waals surface area contributed by atoms with Gasteiger partial charge in [-0.25, -0.2) is 4.98 Å². The molecule has 0 amide bonds. The number of pyridine rings is 1. The summed E-state index contributed by atoms with van der Waals surface area (Å²) >= 11 is 1.54. The fourth-order valence-electron chi connectivity index (χ4n) is 1.97. The number of nitrogens with two attached hydrogens (primary N) is 1. The first-order chi connectivity index (χ1) is 10.3. The minimum Gasteiger partial charge on any atom is -0.494 e. The molecule has 3 rings (SSSR count). The molecule has 108 valence electrons. The number of rotatable bonds is 5. The Bertz CT molecular complexity index is 739. The van der Waals surface area contributed by atoms with E-state index in [1.807, 2.05) is 43.5 Å². The maximum atomic E-state index is 5.54. The summed E-state index contributed by atoms with van der Waals surface area (Å²) in [4.78, 5) is 13.1. The number of nitrogens with zero attached hydrogens (tertiary/aromatic N) is 2. The molecular formula is C15H16N4OS. The zero-order chi connectivity index (χ0) is 14.7. The number of fused-ring (bicyclic) bond motifs is 1. The SMILES string of the molecule is CCOc1ccc2nc(Sc3ccc(CN)nc3)[nH]c2c1. The van der Waals surface area contributed by atoms with E-state index in [1.54, 1.807) is 11.8 Å². The van der Waals surface area contributed by atoms with E-state index >= 15 is 0 Å². The minimum absolute atomic E-state index is 0.454. The zero-order valence-corrected chi connectivity index (χ0v) is 12.5. The second kappa shape index (κ2) is 6.15. The second-order valence-corrected chi connectivity index (χ2v) is 5.51. The van der Waals surface area contributed by atoms with Gasteiger partial charge in [0.2, 0.25) is 0 Å². The number of benzene rings is 1. The molecule has 5 nitrogen and oxygen atoms in total. The van der Waals surface area contributed by atoms with Gasteiger partial charge >= 0.3 is 0 Å². The number of aromatic nitrogens is 3. The molecule has 2 heterocycles. The molecule has 0 saturated carbocycles. The average molecular weight is 300 g/mol. The molecule has 2 aromatic heterocycles. The fourth-order valence-corrected chi connectivity index (χ4v) is 2.74. The van der Waals surface area contributed by atoms with Gasteiger partial charge in [0.15, 0.2) is 5.16 Å². The van der Waals surface area contributed by atoms with Gasteiger partial charge in [-0.05, 0) is 31.2 Å². The van der Waals surface area contributed by atoms with Crippen LogP contribution in [0.2, 0.25) is 0 Å². The van der Waals surface area contributed by atoms with Crippen LogP contribution in [0.25, 0.3) is 11.0 Å². The lowest BCUT2D eigenvalue weighted by Gasteiger charge is -2.00. The molecule has 6 heteroatoms. The number of aromatic amines is 1. The summed E-state index contributed by atoms with van der Waals surface area (Å²) in [6.07, 6.45) is 1.81. The number of hydrogen-bond acceptors (Lipinski definition) is 5. The van der Waals surface area contributed by atoms with Gasteiger partial charge in [-0.15, -0.1) is 0 Å². The number of hydrogen-bond donors (Lipinski definition) is 2. The molecule has 0 aliphatic rings. The predicted octanol–water partition coefficient (Wildman–Crippen LogP) is 2.97. The van der Waals surface area contributed by atoms with Crippen molar-refractivity contribution in [1.29, 1.82) is 0 Å². The summed E-state index contributed by atoms with van der Waals surface area (Å²) in [5, 5.41) is 0.834. The zero-order valence-electron chi connectivity index (χ0n) is 11.7. The lowest BCUT2D eigenvalue weighted by atomic mass is 10.3. The second-order valence-electron chi connectivity index (χ2n) is 4.45. The minimum atomic E-state index is 0.454. The first-order valence-corrected chi connectivity index (χ1v) is 7.55. The van der Waals surface area contributed by atoms with E-state index in [2.05, 4.69) is 15.0 Å². The molecule has 0 saturated heterocycles. The van der Waals surface area contributed by atoms with E-state index in [9.17, 15) is 0 Å². The lowest BCUT2D eigenvalue weighted by molar-refractivity contribution is 0.340. The van der Waals surface area contributed by atoms with Gasteiger partial charge in [0.25, 0.3) is 0 Å². The fraction of sp³-hybridized carbons (Fsp3) is 0.200. The third-order valence-corrected chi connectivity index (χ3v) is 3.83. The Hall–Kier alpha value is -2.05. The van der Waals surface area contributed by atoms with E-state index in [1.165, 1.54) is 0 Å². The summed E-state index contributed by atoms with van der Waals surface area (Å²) < 4.78 is 5.49. The molecule has 21 heavy (non-hydrogen) atoms. The normalized spacial score (nSPS) is 11.0. The summed E-state index contributed by atoms with van der Waals surface area (Å²) in [7, 11) is 0. The molecule has 0 unspecified atom stereocenters. The van der Waals surface area contributed by atoms with Crippen LogP contribution in [0.1, 0.15) is 12.6 Å². The number of ether oxygens (including phenoxy) is 1. The van der Waals surface area contributed by atoms with Crippen molar-refractivity contribution in [2.75, 3.05) is 6.61 Å². The highest BCUT2D eigenvalue weighted by Crippen LogP contribution is 2.28. The van der Waals surface area contributed by atoms with Gasteiger partial charge in [-0.3, -0.25) is 4.98 Å². The molecule has 3 aromatic rings. The topological polar surface area (TPSA) is 76.8 Å². The summed E-state index contributed by atoms with van der Waals surface area (Å²) in [6, 6.07) is 9.78. The Balaban J connectivity index is 1.83. The summed E-state index contributed by atoms with van der Waals surface area (Å²) in [5.74, 6) is 0.846. The van der Waals surface area contributed by atoms with Gasteiger partial charge in [0.05, 0.1) is 23.3 Å². The van der Waals surface area contributed by atoms with Crippen LogP contribution in [0.5, 0.6) is 5.75 Å². The largest absolute Gasteiger partial charge is 0.494 e. The lowest BCUT2D eigenvalue weighted by Crippen LogP contribution is -1.98. The molecule has 3 N–H and O–H groups in total. The van der Waals surface area contributed by atoms with Crippen molar-refractivity contribution in [1.82, 2.24) is 15.0 Å². The van der Waals surface area contributed by atoms with Gasteiger partial charge in [0.1, 0.15) is 5.75 Å². The van der Waals surface area contributed by atoms with Crippen LogP contribution < -0.4 is 10.5 Å². The molecular weight excluding hydrogens is 284 g/mol. The summed E-state index contributed by atoms with van der Waals surface area (Å²) in [5.41, 5.74) is 8.31. The van der Waals surface area contributed by atoms with Crippen molar-refractivity contribution in [2.45, 2.75) is 23.5 Å². The van der Waals surface area contributed by atoms with E-state index in [4.69, 9.17) is 10.5 Å². The van der Waals surface area contributed by atoms with Crippen molar-refractivity contribution in [3.8, 4) is 5.75 Å². The van der Waals surface area contributed by atoms with Crippen molar-refractivity contribution >= 4 is 22.8 Å². The third kappa shape index (κ3) is 3.17. The Morgan fingerprint density at radius 2 is 2.19 bits per heavy atom. The van der Waals surface area contributed by atoms with Crippen LogP contribution in [0.15, 0.2) is 46.6 Å². The molecule has 0 bridgehead atoms. The molecule has 0 aliphatic heterocycles. The van der Waals surface area contributed by atoms with Gasteiger partial charge in [-0.2, -0.15) is 0 Å². The predicted molar refractivity (Wildman–Crippen MR) is 83.5 cm³/mol. The number of imidazole rings is 1. The highest BCUT2D eigenvalue weighted by Gasteiger charge is 2.06. The van der Waals surface area contributed by atoms with Crippen LogP contribution in [-0.4, -0.2) is 21.6 Å². The summed E-state index contributed by atoms with van der Waals surface area (Å²) in [6.45, 7) is 3.08. The molecule has 0 radical (unpaired) electrons. The smallest absolute Gasteiger partial charge is 0.171 e. The van der Waals surface area contributed by atoms with Crippen LogP contribution in [0.3, 0.4) is 0 Å². The van der Waals surface area contributed by atoms with Crippen LogP contribution in [0, 0.1) is 0 Å². The highest BCUT2D eigenvalue weighted by molar-refractivity contribution is 7.99. The molecule has 0 aliphatic carbocycles. The van der Waals surface area contributed by atoms with Crippen LogP contribution >= 0.6 is 11.8 Å². The van der Waals surface area contributed by atoms with E-state index in [0.717, 1.165) is 32.5 Å². The quantitative estimate of drug-likeness (QED) is 0.757. The van der Waals surface area contributed by atoms with Gasteiger partial charge in [0, 0.05) is 23.7 Å². The van der Waals surface area contributed by atoms with E-state index in [0.29, 0.717) is 13.2 Å². The Kier molecular flexibility index (Phi) is 4.08. The van der Waals surface area contributed by atoms with Gasteiger partial charge in [-0.1, -0.05) is 11.8 Å². The maximum absolute atomic E-state index is 5.54. The molecule has 0 fully saturated rings. The Morgan fingerprint density at radius 1 is 1.29 bits per heavy atom. The van der Waals surface area contributed by atoms with E-state index in [-0.39, 0.29) is 0 Å². The van der Waals surface area contributed by atoms with Crippen molar-refractivity contribution < 1.29 is 4.74 Å². The molecule has 0 atom stereocenters. The van der Waals surface area contributed by atoms with Crippen molar-refractivity contribution in [2.24, 2.45) is 5.73 Å². The van der Waals surface area contributed by atoms with E-state index < -0.39 is 0 Å². The van der Waals surface area contributed by atoms with Crippen molar-refractivity contribution in [3.05, 3.63) is 42.2 Å². The number of H-pyrrole nitrogens is 1. The van der Waals surface area contributed by atoms with Crippen LogP contribution in [-0.2, 0) is 6.54 Å². The number of nitrogens with one attached hydrogen (secondary N) is 1. The monoisotopic (exact) mass is 300 g/mol. The molecule has 1 aromatic carbocycles.